The Morgan fingerprint density at radius 1 is 1.24 bits per heavy atom. The van der Waals surface area contributed by atoms with Gasteiger partial charge in [-0.1, -0.05) is 6.07 Å². The minimum atomic E-state index is -4.47. The van der Waals surface area contributed by atoms with Crippen LogP contribution in [0, 0.1) is 6.92 Å². The molecule has 0 spiro atoms. The van der Waals surface area contributed by atoms with E-state index in [0.29, 0.717) is 5.56 Å². The van der Waals surface area contributed by atoms with E-state index in [9.17, 15) is 22.8 Å². The maximum Gasteiger partial charge on any atom is 0.416 e. The summed E-state index contributed by atoms with van der Waals surface area (Å²) in [6.45, 7) is 3.44. The Labute approximate surface area is 120 Å². The number of aryl methyl sites for hydroxylation is 1. The number of nitrogens with one attached hydrogen (secondary N) is 1. The zero-order valence-corrected chi connectivity index (χ0v) is 11.7. The lowest BCUT2D eigenvalue weighted by molar-refractivity contribution is -0.144. The first kappa shape index (κ1) is 17.0. The number of alkyl halides is 3. The van der Waals surface area contributed by atoms with E-state index in [1.165, 1.54) is 6.07 Å². The number of rotatable bonds is 5. The third kappa shape index (κ3) is 5.45. The van der Waals surface area contributed by atoms with Crippen molar-refractivity contribution >= 4 is 17.6 Å². The molecule has 1 amide bonds. The fourth-order valence-corrected chi connectivity index (χ4v) is 1.59. The number of carbonyl (C=O) groups is 2. The molecule has 1 N–H and O–H groups in total. The van der Waals surface area contributed by atoms with Crippen LogP contribution in [0.2, 0.25) is 0 Å². The zero-order valence-electron chi connectivity index (χ0n) is 11.7. The van der Waals surface area contributed by atoms with Gasteiger partial charge in [0.1, 0.15) is 0 Å². The highest BCUT2D eigenvalue weighted by Gasteiger charge is 2.30. The largest absolute Gasteiger partial charge is 0.466 e. The average molecular weight is 303 g/mol. The lowest BCUT2D eigenvalue weighted by atomic mass is 10.1. The van der Waals surface area contributed by atoms with Gasteiger partial charge in [0.2, 0.25) is 5.91 Å². The van der Waals surface area contributed by atoms with Gasteiger partial charge in [0, 0.05) is 12.1 Å². The summed E-state index contributed by atoms with van der Waals surface area (Å²) in [5, 5.41) is 2.37. The Hall–Kier alpha value is -2.05. The van der Waals surface area contributed by atoms with E-state index in [1.807, 2.05) is 0 Å². The van der Waals surface area contributed by atoms with Gasteiger partial charge in [-0.3, -0.25) is 9.59 Å². The Bertz CT molecular complexity index is 527. The first-order chi connectivity index (χ1) is 9.74. The number of benzene rings is 1. The molecule has 0 bridgehead atoms. The summed E-state index contributed by atoms with van der Waals surface area (Å²) in [5.41, 5.74) is -0.250. The second-order valence-corrected chi connectivity index (χ2v) is 4.38. The van der Waals surface area contributed by atoms with Crippen LogP contribution in [0.1, 0.15) is 30.9 Å². The number of hydrogen-bond donors (Lipinski definition) is 1. The Balaban J connectivity index is 2.69. The van der Waals surface area contributed by atoms with Crippen molar-refractivity contribution in [2.75, 3.05) is 11.9 Å². The third-order valence-corrected chi connectivity index (χ3v) is 2.70. The molecule has 0 fully saturated rings. The molecule has 0 saturated carbocycles. The van der Waals surface area contributed by atoms with Crippen molar-refractivity contribution in [3.63, 3.8) is 0 Å². The van der Waals surface area contributed by atoms with Gasteiger partial charge >= 0.3 is 12.1 Å². The number of amides is 1. The van der Waals surface area contributed by atoms with Crippen LogP contribution in [0.5, 0.6) is 0 Å². The number of esters is 1. The number of anilines is 1. The summed E-state index contributed by atoms with van der Waals surface area (Å²) in [6.07, 6.45) is -4.73. The Kier molecular flexibility index (Phi) is 5.75. The highest BCUT2D eigenvalue weighted by molar-refractivity contribution is 5.93. The monoisotopic (exact) mass is 303 g/mol. The maximum atomic E-state index is 12.6. The second-order valence-electron chi connectivity index (χ2n) is 4.38. The predicted octanol–water partition coefficient (Wildman–Crippen LogP) is 3.30. The van der Waals surface area contributed by atoms with E-state index in [1.54, 1.807) is 13.8 Å². The molecule has 0 radical (unpaired) electrons. The second kappa shape index (κ2) is 7.10. The molecule has 1 rings (SSSR count). The van der Waals surface area contributed by atoms with Crippen molar-refractivity contribution in [2.24, 2.45) is 0 Å². The van der Waals surface area contributed by atoms with Crippen molar-refractivity contribution in [1.82, 2.24) is 0 Å². The molecule has 0 aliphatic rings. The summed E-state index contributed by atoms with van der Waals surface area (Å²) in [6, 6.07) is 3.10. The van der Waals surface area contributed by atoms with Gasteiger partial charge in [-0.05, 0) is 31.5 Å². The maximum absolute atomic E-state index is 12.6. The van der Waals surface area contributed by atoms with Crippen LogP contribution in [-0.2, 0) is 20.5 Å². The van der Waals surface area contributed by atoms with E-state index in [4.69, 9.17) is 0 Å². The predicted molar refractivity (Wildman–Crippen MR) is 70.7 cm³/mol. The van der Waals surface area contributed by atoms with Gasteiger partial charge in [0.15, 0.2) is 0 Å². The van der Waals surface area contributed by atoms with Crippen LogP contribution in [0.15, 0.2) is 18.2 Å². The molecule has 0 aromatic heterocycles. The highest BCUT2D eigenvalue weighted by atomic mass is 19.4. The van der Waals surface area contributed by atoms with Crippen LogP contribution in [0.25, 0.3) is 0 Å². The average Bonchev–Trinajstić information content (AvgIpc) is 2.38. The molecular formula is C14H16F3NO3. The van der Waals surface area contributed by atoms with Crippen molar-refractivity contribution < 1.29 is 27.5 Å². The molecule has 0 unspecified atom stereocenters. The summed E-state index contributed by atoms with van der Waals surface area (Å²) < 4.78 is 42.5. The number of halogens is 3. The van der Waals surface area contributed by atoms with Crippen molar-refractivity contribution in [3.8, 4) is 0 Å². The van der Waals surface area contributed by atoms with Gasteiger partial charge in [0.05, 0.1) is 18.6 Å². The Morgan fingerprint density at radius 2 is 1.90 bits per heavy atom. The van der Waals surface area contributed by atoms with E-state index >= 15 is 0 Å². The standard InChI is InChI=1S/C14H16F3NO3/c1-3-21-13(20)7-6-12(19)18-11-8-10(14(15,16)17)5-4-9(11)2/h4-5,8H,3,6-7H2,1-2H3,(H,18,19). The summed E-state index contributed by atoms with van der Waals surface area (Å²) in [7, 11) is 0. The van der Waals surface area contributed by atoms with Crippen LogP contribution in [0.4, 0.5) is 18.9 Å². The topological polar surface area (TPSA) is 55.4 Å². The summed E-state index contributed by atoms with van der Waals surface area (Å²) in [4.78, 5) is 22.7. The molecule has 4 nitrogen and oxygen atoms in total. The molecule has 116 valence electrons. The van der Waals surface area contributed by atoms with Gasteiger partial charge in [-0.25, -0.2) is 0 Å². The molecule has 1 aromatic carbocycles. The van der Waals surface area contributed by atoms with Gasteiger partial charge < -0.3 is 10.1 Å². The normalized spacial score (nSPS) is 11.1. The van der Waals surface area contributed by atoms with Crippen LogP contribution in [0.3, 0.4) is 0 Å². The minimum absolute atomic E-state index is 0.0821. The lowest BCUT2D eigenvalue weighted by Gasteiger charge is -2.12. The van der Waals surface area contributed by atoms with Crippen molar-refractivity contribution in [2.45, 2.75) is 32.9 Å². The Morgan fingerprint density at radius 3 is 2.48 bits per heavy atom. The van der Waals surface area contributed by atoms with Crippen molar-refractivity contribution in [1.29, 1.82) is 0 Å². The first-order valence-corrected chi connectivity index (χ1v) is 6.37. The van der Waals surface area contributed by atoms with Crippen LogP contribution in [-0.4, -0.2) is 18.5 Å². The number of hydrogen-bond acceptors (Lipinski definition) is 3. The quantitative estimate of drug-likeness (QED) is 0.849. The molecule has 0 aliphatic carbocycles. The lowest BCUT2D eigenvalue weighted by Crippen LogP contribution is -2.16. The third-order valence-electron chi connectivity index (χ3n) is 2.70. The van der Waals surface area contributed by atoms with Gasteiger partial charge in [-0.2, -0.15) is 13.2 Å². The van der Waals surface area contributed by atoms with E-state index in [-0.39, 0.29) is 25.1 Å². The molecule has 0 heterocycles. The summed E-state index contributed by atoms with van der Waals surface area (Å²) >= 11 is 0. The van der Waals surface area contributed by atoms with E-state index in [2.05, 4.69) is 10.1 Å². The van der Waals surface area contributed by atoms with E-state index in [0.717, 1.165) is 12.1 Å². The SMILES string of the molecule is CCOC(=O)CCC(=O)Nc1cc(C(F)(F)F)ccc1C. The zero-order chi connectivity index (χ0) is 16.0. The van der Waals surface area contributed by atoms with Crippen LogP contribution >= 0.6 is 0 Å². The molecule has 7 heteroatoms. The smallest absolute Gasteiger partial charge is 0.416 e. The fourth-order valence-electron chi connectivity index (χ4n) is 1.59. The van der Waals surface area contributed by atoms with Crippen LogP contribution < -0.4 is 5.32 Å². The fraction of sp³-hybridized carbons (Fsp3) is 0.429. The molecule has 0 aliphatic heterocycles. The van der Waals surface area contributed by atoms with Gasteiger partial charge in [-0.15, -0.1) is 0 Å². The number of carbonyl (C=O) groups excluding carboxylic acids is 2. The first-order valence-electron chi connectivity index (χ1n) is 6.37. The highest BCUT2D eigenvalue weighted by Crippen LogP contribution is 2.32. The number of ether oxygens (including phenoxy) is 1. The minimum Gasteiger partial charge on any atom is -0.466 e. The molecular weight excluding hydrogens is 287 g/mol. The molecule has 0 atom stereocenters. The summed E-state index contributed by atoms with van der Waals surface area (Å²) in [5.74, 6) is -1.06. The molecule has 0 saturated heterocycles. The molecule has 1 aromatic rings. The van der Waals surface area contributed by atoms with Crippen molar-refractivity contribution in [3.05, 3.63) is 29.3 Å². The molecule has 21 heavy (non-hydrogen) atoms. The van der Waals surface area contributed by atoms with Gasteiger partial charge in [0.25, 0.3) is 0 Å². The van der Waals surface area contributed by atoms with E-state index < -0.39 is 23.6 Å².